The first-order chi connectivity index (χ1) is 11.7. The Morgan fingerprint density at radius 1 is 1.29 bits per heavy atom. The number of nitrogens with zero attached hydrogens (tertiary/aromatic N) is 3. The fraction of sp³-hybridized carbons (Fsp3) is 0.188. The van der Waals surface area contributed by atoms with Crippen molar-refractivity contribution in [1.82, 2.24) is 15.1 Å². The number of rotatable bonds is 6. The molecular formula is C16H16N4O3S. The van der Waals surface area contributed by atoms with Crippen molar-refractivity contribution in [2.75, 3.05) is 11.9 Å². The molecule has 0 radical (unpaired) electrons. The Labute approximate surface area is 142 Å². The second-order valence-electron chi connectivity index (χ2n) is 5.07. The minimum Gasteiger partial charge on any atom is -0.467 e. The summed E-state index contributed by atoms with van der Waals surface area (Å²) in [6.07, 6.45) is 0.574. The lowest BCUT2D eigenvalue weighted by molar-refractivity contribution is 0.105. The lowest BCUT2D eigenvalue weighted by Gasteiger charge is -2.24. The molecule has 3 rings (SSSR count). The molecule has 0 bridgehead atoms. The van der Waals surface area contributed by atoms with Gasteiger partial charge in [0.2, 0.25) is 5.13 Å². The second kappa shape index (κ2) is 7.71. The molecule has 2 aromatic heterocycles. The summed E-state index contributed by atoms with van der Waals surface area (Å²) >= 11 is 1.23. The van der Waals surface area contributed by atoms with E-state index in [1.165, 1.54) is 28.0 Å². The van der Waals surface area contributed by atoms with Crippen LogP contribution < -0.4 is 5.32 Å². The van der Waals surface area contributed by atoms with Crippen LogP contribution in [-0.4, -0.2) is 32.8 Å². The monoisotopic (exact) mass is 344 g/mol. The van der Waals surface area contributed by atoms with Crippen LogP contribution in [0.25, 0.3) is 0 Å². The first-order valence-electron chi connectivity index (χ1n) is 7.30. The number of carbonyl (C=O) groups excluding carboxylic acids is 1. The predicted octanol–water partition coefficient (Wildman–Crippen LogP) is 2.90. The normalized spacial score (nSPS) is 11.9. The topological polar surface area (TPSA) is 91.5 Å². The molecule has 0 saturated carbocycles. The quantitative estimate of drug-likeness (QED) is 0.717. The van der Waals surface area contributed by atoms with Crippen LogP contribution in [0, 0.1) is 0 Å². The van der Waals surface area contributed by atoms with Gasteiger partial charge in [0.25, 0.3) is 0 Å². The summed E-state index contributed by atoms with van der Waals surface area (Å²) < 4.78 is 5.20. The van der Waals surface area contributed by atoms with Gasteiger partial charge in [0, 0.05) is 6.54 Å². The number of aromatic nitrogens is 2. The van der Waals surface area contributed by atoms with Crippen molar-refractivity contribution in [3.63, 3.8) is 0 Å². The van der Waals surface area contributed by atoms with Gasteiger partial charge in [0.15, 0.2) is 0 Å². The molecule has 2 heterocycles. The Morgan fingerprint density at radius 3 is 2.79 bits per heavy atom. The van der Waals surface area contributed by atoms with Crippen molar-refractivity contribution in [3.8, 4) is 0 Å². The number of aliphatic hydroxyl groups excluding tert-OH is 1. The van der Waals surface area contributed by atoms with Gasteiger partial charge in [-0.25, -0.2) is 4.79 Å². The zero-order valence-electron chi connectivity index (χ0n) is 12.7. The first kappa shape index (κ1) is 16.2. The molecule has 0 unspecified atom stereocenters. The molecule has 0 saturated heterocycles. The summed E-state index contributed by atoms with van der Waals surface area (Å²) in [5.41, 5.74) is 2.49. The molecule has 0 fully saturated rings. The van der Waals surface area contributed by atoms with Crippen LogP contribution in [0.1, 0.15) is 17.4 Å². The maximum absolute atomic E-state index is 12.5. The Kier molecular flexibility index (Phi) is 5.19. The van der Waals surface area contributed by atoms with Crippen LogP contribution in [0.2, 0.25) is 0 Å². The standard InChI is InChI=1S/C16H16N4O3S/c21-13(14-7-4-8-23-14)10-20(9-12-5-2-1-3-6-12)16(22)18-15-19-17-11-24-15/h1-8,11,13,21H,9-10H2,(H,18,19,22)/t13-/m1/s1. The maximum atomic E-state index is 12.5. The second-order valence-corrected chi connectivity index (χ2v) is 5.90. The minimum atomic E-state index is -0.913. The molecule has 7 nitrogen and oxygen atoms in total. The number of aliphatic hydroxyl groups is 1. The van der Waals surface area contributed by atoms with Gasteiger partial charge >= 0.3 is 6.03 Å². The van der Waals surface area contributed by atoms with Gasteiger partial charge in [-0.05, 0) is 17.7 Å². The van der Waals surface area contributed by atoms with Gasteiger partial charge in [-0.1, -0.05) is 41.7 Å². The molecule has 8 heteroatoms. The van der Waals surface area contributed by atoms with Crippen LogP contribution in [0.5, 0.6) is 0 Å². The Hall–Kier alpha value is -2.71. The van der Waals surface area contributed by atoms with Crippen molar-refractivity contribution in [2.45, 2.75) is 12.6 Å². The SMILES string of the molecule is O=C(Nc1nncs1)N(Cc1ccccc1)C[C@@H](O)c1ccco1. The van der Waals surface area contributed by atoms with E-state index in [0.717, 1.165) is 5.56 Å². The fourth-order valence-corrected chi connectivity index (χ4v) is 2.64. The summed E-state index contributed by atoms with van der Waals surface area (Å²) in [7, 11) is 0. The minimum absolute atomic E-state index is 0.0903. The number of carbonyl (C=O) groups is 1. The number of hydrogen-bond donors (Lipinski definition) is 2. The zero-order chi connectivity index (χ0) is 16.8. The number of hydrogen-bond acceptors (Lipinski definition) is 6. The Balaban J connectivity index is 1.73. The van der Waals surface area contributed by atoms with Crippen LogP contribution >= 0.6 is 11.3 Å². The predicted molar refractivity (Wildman–Crippen MR) is 89.4 cm³/mol. The van der Waals surface area contributed by atoms with Gasteiger partial charge in [0.05, 0.1) is 12.8 Å². The van der Waals surface area contributed by atoms with Gasteiger partial charge in [-0.15, -0.1) is 10.2 Å². The molecule has 0 aliphatic rings. The highest BCUT2D eigenvalue weighted by Gasteiger charge is 2.21. The summed E-state index contributed by atoms with van der Waals surface area (Å²) in [6.45, 7) is 0.441. The fourth-order valence-electron chi connectivity index (χ4n) is 2.20. The third-order valence-corrected chi connectivity index (χ3v) is 3.95. The van der Waals surface area contributed by atoms with E-state index >= 15 is 0 Å². The number of furan rings is 1. The van der Waals surface area contributed by atoms with Gasteiger partial charge < -0.3 is 14.4 Å². The molecular weight excluding hydrogens is 328 g/mol. The highest BCUT2D eigenvalue weighted by molar-refractivity contribution is 7.13. The third kappa shape index (κ3) is 4.18. The van der Waals surface area contributed by atoms with Crippen molar-refractivity contribution in [1.29, 1.82) is 0 Å². The smallest absolute Gasteiger partial charge is 0.324 e. The average molecular weight is 344 g/mol. The summed E-state index contributed by atoms with van der Waals surface area (Å²) in [5, 5.41) is 20.9. The largest absolute Gasteiger partial charge is 0.467 e. The van der Waals surface area contributed by atoms with E-state index in [1.807, 2.05) is 30.3 Å². The van der Waals surface area contributed by atoms with Crippen molar-refractivity contribution in [2.24, 2.45) is 0 Å². The molecule has 3 aromatic rings. The van der Waals surface area contributed by atoms with Crippen LogP contribution in [-0.2, 0) is 6.54 Å². The molecule has 1 aromatic carbocycles. The third-order valence-electron chi connectivity index (χ3n) is 3.34. The molecule has 0 spiro atoms. The number of nitrogens with one attached hydrogen (secondary N) is 1. The number of amides is 2. The molecule has 1 atom stereocenters. The number of urea groups is 1. The molecule has 0 aliphatic carbocycles. The number of benzene rings is 1. The van der Waals surface area contributed by atoms with E-state index in [-0.39, 0.29) is 12.6 Å². The summed E-state index contributed by atoms with van der Waals surface area (Å²) in [4.78, 5) is 14.0. The van der Waals surface area contributed by atoms with Gasteiger partial charge in [-0.3, -0.25) is 5.32 Å². The molecule has 0 aliphatic heterocycles. The molecule has 2 amide bonds. The van der Waals surface area contributed by atoms with Crippen molar-refractivity contribution in [3.05, 3.63) is 65.6 Å². The summed E-state index contributed by atoms with van der Waals surface area (Å²) in [5.74, 6) is 0.414. The van der Waals surface area contributed by atoms with Gasteiger partial charge in [-0.2, -0.15) is 0 Å². The van der Waals surface area contributed by atoms with Crippen LogP contribution in [0.15, 0.2) is 58.7 Å². The van der Waals surface area contributed by atoms with Crippen LogP contribution in [0.3, 0.4) is 0 Å². The molecule has 24 heavy (non-hydrogen) atoms. The lowest BCUT2D eigenvalue weighted by atomic mass is 10.2. The highest BCUT2D eigenvalue weighted by Crippen LogP contribution is 2.18. The maximum Gasteiger partial charge on any atom is 0.324 e. The zero-order valence-corrected chi connectivity index (χ0v) is 13.5. The van der Waals surface area contributed by atoms with E-state index < -0.39 is 6.10 Å². The first-order valence-corrected chi connectivity index (χ1v) is 8.18. The number of anilines is 1. The average Bonchev–Trinajstić information content (AvgIpc) is 3.29. The summed E-state index contributed by atoms with van der Waals surface area (Å²) in [6, 6.07) is 12.6. The van der Waals surface area contributed by atoms with E-state index in [1.54, 1.807) is 12.1 Å². The Morgan fingerprint density at radius 2 is 2.12 bits per heavy atom. The van der Waals surface area contributed by atoms with E-state index in [4.69, 9.17) is 4.42 Å². The van der Waals surface area contributed by atoms with Gasteiger partial charge in [0.1, 0.15) is 17.4 Å². The highest BCUT2D eigenvalue weighted by atomic mass is 32.1. The molecule has 124 valence electrons. The van der Waals surface area contributed by atoms with Crippen molar-refractivity contribution >= 4 is 22.5 Å². The van der Waals surface area contributed by atoms with Crippen LogP contribution in [0.4, 0.5) is 9.93 Å². The van der Waals surface area contributed by atoms with E-state index in [9.17, 15) is 9.90 Å². The lowest BCUT2D eigenvalue weighted by Crippen LogP contribution is -2.37. The van der Waals surface area contributed by atoms with Crippen molar-refractivity contribution < 1.29 is 14.3 Å². The Bertz CT molecular complexity index is 747. The van der Waals surface area contributed by atoms with E-state index in [0.29, 0.717) is 17.4 Å². The molecule has 2 N–H and O–H groups in total. The van der Waals surface area contributed by atoms with E-state index in [2.05, 4.69) is 15.5 Å².